The van der Waals surface area contributed by atoms with Crippen molar-refractivity contribution in [3.8, 4) is 0 Å². The number of pyridine rings is 1. The molecular formula is C11H13ClN2O3. The second-order valence-electron chi connectivity index (χ2n) is 3.40. The Kier molecular flexibility index (Phi) is 4.90. The Hall–Kier alpha value is -1.62. The van der Waals surface area contributed by atoms with Gasteiger partial charge >= 0.3 is 5.97 Å². The summed E-state index contributed by atoms with van der Waals surface area (Å²) in [5.74, 6) is -0.639. The van der Waals surface area contributed by atoms with Crippen LogP contribution in [0.1, 0.15) is 16.9 Å². The Morgan fingerprint density at radius 3 is 2.76 bits per heavy atom. The van der Waals surface area contributed by atoms with Gasteiger partial charge in [0.15, 0.2) is 0 Å². The molecular weight excluding hydrogens is 244 g/mol. The molecule has 6 heteroatoms. The zero-order valence-corrected chi connectivity index (χ0v) is 10.4. The molecule has 1 aromatic rings. The molecule has 1 aromatic heterocycles. The Balaban J connectivity index is 2.61. The molecule has 0 saturated carbocycles. The standard InChI is InChI=1S/C11H13ClN2O3/c1-14(7-6-10(15)17-2)11(16)8-4-3-5-9(12)13-8/h3-5H,6-7H2,1-2H3. The van der Waals surface area contributed by atoms with E-state index in [1.165, 1.54) is 12.0 Å². The van der Waals surface area contributed by atoms with E-state index < -0.39 is 0 Å². The molecule has 0 unspecified atom stereocenters. The van der Waals surface area contributed by atoms with Crippen LogP contribution in [0.15, 0.2) is 18.2 Å². The van der Waals surface area contributed by atoms with Gasteiger partial charge in [0.25, 0.3) is 5.91 Å². The minimum atomic E-state index is -0.358. The predicted molar refractivity (Wildman–Crippen MR) is 62.8 cm³/mol. The fraction of sp³-hybridized carbons (Fsp3) is 0.364. The fourth-order valence-corrected chi connectivity index (χ4v) is 1.35. The lowest BCUT2D eigenvalue weighted by molar-refractivity contribution is -0.140. The van der Waals surface area contributed by atoms with Crippen LogP contribution in [0.3, 0.4) is 0 Å². The smallest absolute Gasteiger partial charge is 0.307 e. The second kappa shape index (κ2) is 6.20. The molecule has 5 nitrogen and oxygen atoms in total. The van der Waals surface area contributed by atoms with Crippen LogP contribution in [0.5, 0.6) is 0 Å². The summed E-state index contributed by atoms with van der Waals surface area (Å²) in [5, 5.41) is 0.261. The lowest BCUT2D eigenvalue weighted by atomic mass is 10.3. The number of esters is 1. The normalized spacial score (nSPS) is 9.82. The quantitative estimate of drug-likeness (QED) is 0.603. The van der Waals surface area contributed by atoms with E-state index in [1.807, 2.05) is 0 Å². The van der Waals surface area contributed by atoms with Crippen LogP contribution in [0.2, 0.25) is 5.15 Å². The van der Waals surface area contributed by atoms with Crippen LogP contribution in [0.25, 0.3) is 0 Å². The highest BCUT2D eigenvalue weighted by Gasteiger charge is 2.14. The molecule has 0 aliphatic carbocycles. The number of nitrogens with zero attached hydrogens (tertiary/aromatic N) is 2. The summed E-state index contributed by atoms with van der Waals surface area (Å²) in [6.07, 6.45) is 0.152. The third kappa shape index (κ3) is 4.03. The van der Waals surface area contributed by atoms with Crippen LogP contribution in [-0.2, 0) is 9.53 Å². The highest BCUT2D eigenvalue weighted by molar-refractivity contribution is 6.29. The van der Waals surface area contributed by atoms with Crippen molar-refractivity contribution in [2.75, 3.05) is 20.7 Å². The number of amides is 1. The number of hydrogen-bond donors (Lipinski definition) is 0. The molecule has 1 heterocycles. The number of aromatic nitrogens is 1. The average Bonchev–Trinajstić information content (AvgIpc) is 2.34. The van der Waals surface area contributed by atoms with Gasteiger partial charge in [0, 0.05) is 13.6 Å². The summed E-state index contributed by atoms with van der Waals surface area (Å²) in [7, 11) is 2.90. The van der Waals surface area contributed by atoms with Crippen LogP contribution in [-0.4, -0.2) is 42.5 Å². The van der Waals surface area contributed by atoms with E-state index in [2.05, 4.69) is 9.72 Å². The van der Waals surface area contributed by atoms with Gasteiger partial charge in [-0.2, -0.15) is 0 Å². The molecule has 0 aliphatic rings. The van der Waals surface area contributed by atoms with E-state index >= 15 is 0 Å². The number of rotatable bonds is 4. The van der Waals surface area contributed by atoms with Gasteiger partial charge in [0.05, 0.1) is 13.5 Å². The third-order valence-corrected chi connectivity index (χ3v) is 2.37. The molecule has 1 amide bonds. The molecule has 0 aromatic carbocycles. The molecule has 0 aliphatic heterocycles. The summed E-state index contributed by atoms with van der Waals surface area (Å²) in [6.45, 7) is 0.277. The Morgan fingerprint density at radius 2 is 2.18 bits per heavy atom. The number of ether oxygens (including phenoxy) is 1. The van der Waals surface area contributed by atoms with Crippen LogP contribution < -0.4 is 0 Å². The fourth-order valence-electron chi connectivity index (χ4n) is 1.19. The maximum Gasteiger partial charge on any atom is 0.307 e. The molecule has 0 atom stereocenters. The van der Waals surface area contributed by atoms with E-state index in [1.54, 1.807) is 25.2 Å². The summed E-state index contributed by atoms with van der Waals surface area (Å²) >= 11 is 5.69. The van der Waals surface area contributed by atoms with Crippen molar-refractivity contribution in [3.05, 3.63) is 29.0 Å². The maximum atomic E-state index is 11.9. The van der Waals surface area contributed by atoms with Crippen molar-refractivity contribution in [2.24, 2.45) is 0 Å². The van der Waals surface area contributed by atoms with Gasteiger partial charge in [0.2, 0.25) is 0 Å². The predicted octanol–water partition coefficient (Wildman–Crippen LogP) is 1.37. The Bertz CT molecular complexity index is 423. The lowest BCUT2D eigenvalue weighted by Crippen LogP contribution is -2.29. The molecule has 17 heavy (non-hydrogen) atoms. The van der Waals surface area contributed by atoms with Gasteiger partial charge < -0.3 is 9.64 Å². The first kappa shape index (κ1) is 13.4. The van der Waals surface area contributed by atoms with Crippen LogP contribution in [0, 0.1) is 0 Å². The monoisotopic (exact) mass is 256 g/mol. The number of methoxy groups -OCH3 is 1. The topological polar surface area (TPSA) is 59.5 Å². The second-order valence-corrected chi connectivity index (χ2v) is 3.79. The van der Waals surface area contributed by atoms with Crippen LogP contribution >= 0.6 is 11.6 Å². The SMILES string of the molecule is COC(=O)CCN(C)C(=O)c1cccc(Cl)n1. The highest BCUT2D eigenvalue weighted by atomic mass is 35.5. The van der Waals surface area contributed by atoms with E-state index in [4.69, 9.17) is 11.6 Å². The third-order valence-electron chi connectivity index (χ3n) is 2.16. The first-order valence-electron chi connectivity index (χ1n) is 4.99. The van der Waals surface area contributed by atoms with Gasteiger partial charge in [-0.15, -0.1) is 0 Å². The van der Waals surface area contributed by atoms with Crippen molar-refractivity contribution in [2.45, 2.75) is 6.42 Å². The minimum Gasteiger partial charge on any atom is -0.469 e. The van der Waals surface area contributed by atoms with Gasteiger partial charge in [-0.1, -0.05) is 17.7 Å². The first-order valence-corrected chi connectivity index (χ1v) is 5.37. The van der Waals surface area contributed by atoms with Crippen molar-refractivity contribution in [3.63, 3.8) is 0 Å². The average molecular weight is 257 g/mol. The largest absolute Gasteiger partial charge is 0.469 e. The minimum absolute atomic E-state index is 0.152. The van der Waals surface area contributed by atoms with Gasteiger partial charge in [-0.25, -0.2) is 4.98 Å². The summed E-state index contributed by atoms with van der Waals surface area (Å²) in [6, 6.07) is 4.81. The summed E-state index contributed by atoms with van der Waals surface area (Å²) < 4.78 is 4.49. The number of hydrogen-bond acceptors (Lipinski definition) is 4. The molecule has 1 rings (SSSR count). The molecule has 0 saturated heterocycles. The number of halogens is 1. The van der Waals surface area contributed by atoms with E-state index in [9.17, 15) is 9.59 Å². The van der Waals surface area contributed by atoms with Crippen LogP contribution in [0.4, 0.5) is 0 Å². The van der Waals surface area contributed by atoms with E-state index in [0.717, 1.165) is 0 Å². The van der Waals surface area contributed by atoms with Crippen molar-refractivity contribution in [1.82, 2.24) is 9.88 Å². The lowest BCUT2D eigenvalue weighted by Gasteiger charge is -2.15. The molecule has 92 valence electrons. The molecule has 0 bridgehead atoms. The molecule has 0 radical (unpaired) electrons. The van der Waals surface area contributed by atoms with Crippen molar-refractivity contribution < 1.29 is 14.3 Å². The number of carbonyl (C=O) groups is 2. The summed E-state index contributed by atoms with van der Waals surface area (Å²) in [4.78, 5) is 28.1. The maximum absolute atomic E-state index is 11.9. The molecule has 0 spiro atoms. The first-order chi connectivity index (χ1) is 8.04. The van der Waals surface area contributed by atoms with E-state index in [-0.39, 0.29) is 35.7 Å². The zero-order valence-electron chi connectivity index (χ0n) is 9.64. The molecule has 0 N–H and O–H groups in total. The molecule has 0 fully saturated rings. The van der Waals surface area contributed by atoms with Gasteiger partial charge in [0.1, 0.15) is 10.8 Å². The Labute approximate surface area is 104 Å². The Morgan fingerprint density at radius 1 is 1.47 bits per heavy atom. The van der Waals surface area contributed by atoms with Crippen molar-refractivity contribution in [1.29, 1.82) is 0 Å². The van der Waals surface area contributed by atoms with E-state index in [0.29, 0.717) is 0 Å². The highest BCUT2D eigenvalue weighted by Crippen LogP contribution is 2.07. The van der Waals surface area contributed by atoms with Gasteiger partial charge in [-0.3, -0.25) is 9.59 Å². The number of carbonyl (C=O) groups excluding carboxylic acids is 2. The van der Waals surface area contributed by atoms with Crippen molar-refractivity contribution >= 4 is 23.5 Å². The summed E-state index contributed by atoms with van der Waals surface area (Å²) in [5.41, 5.74) is 0.255. The van der Waals surface area contributed by atoms with Gasteiger partial charge in [-0.05, 0) is 12.1 Å². The zero-order chi connectivity index (χ0) is 12.8.